The van der Waals surface area contributed by atoms with Crippen LogP contribution in [0.3, 0.4) is 0 Å². The number of carbonyl (C=O) groups is 1. The minimum atomic E-state index is -0.404. The lowest BCUT2D eigenvalue weighted by molar-refractivity contribution is 0.0950. The van der Waals surface area contributed by atoms with Gasteiger partial charge in [0.2, 0.25) is 0 Å². The van der Waals surface area contributed by atoms with E-state index in [1.165, 1.54) is 23.8 Å². The second-order valence-corrected chi connectivity index (χ2v) is 5.09. The molecule has 1 N–H and O–H groups in total. The van der Waals surface area contributed by atoms with Crippen LogP contribution in [0.1, 0.15) is 41.3 Å². The van der Waals surface area contributed by atoms with E-state index in [1.54, 1.807) is 6.07 Å². The van der Waals surface area contributed by atoms with E-state index in [9.17, 15) is 9.18 Å². The van der Waals surface area contributed by atoms with E-state index >= 15 is 0 Å². The zero-order chi connectivity index (χ0) is 14.5. The first-order valence-electron chi connectivity index (χ1n) is 6.69. The van der Waals surface area contributed by atoms with Crippen molar-refractivity contribution in [3.05, 3.63) is 71.0 Å². The van der Waals surface area contributed by atoms with Crippen LogP contribution in [0.4, 0.5) is 4.39 Å². The van der Waals surface area contributed by atoms with Crippen molar-refractivity contribution in [3.8, 4) is 0 Å². The Hall–Kier alpha value is -2.16. The summed E-state index contributed by atoms with van der Waals surface area (Å²) < 4.78 is 13.0. The maximum atomic E-state index is 13.0. The summed E-state index contributed by atoms with van der Waals surface area (Å²) in [7, 11) is 0. The van der Waals surface area contributed by atoms with Crippen LogP contribution in [-0.4, -0.2) is 5.91 Å². The van der Waals surface area contributed by atoms with Gasteiger partial charge in [0.25, 0.3) is 5.91 Å². The van der Waals surface area contributed by atoms with E-state index in [4.69, 9.17) is 0 Å². The monoisotopic (exact) mass is 271 g/mol. The predicted molar refractivity (Wildman–Crippen MR) is 78.1 cm³/mol. The molecule has 0 atom stereocenters. The molecule has 20 heavy (non-hydrogen) atoms. The number of nitrogens with one attached hydrogen (secondary N) is 1. The fourth-order valence-electron chi connectivity index (χ4n) is 1.93. The van der Waals surface area contributed by atoms with Gasteiger partial charge in [-0.25, -0.2) is 4.39 Å². The molecule has 0 saturated carbocycles. The molecular formula is C17H18FNO. The maximum Gasteiger partial charge on any atom is 0.251 e. The first kappa shape index (κ1) is 14.3. The Bertz CT molecular complexity index is 590. The molecule has 1 amide bonds. The Labute approximate surface area is 118 Å². The predicted octanol–water partition coefficient (Wildman–Crippen LogP) is 3.88. The molecule has 0 heterocycles. The van der Waals surface area contributed by atoms with Crippen LogP contribution < -0.4 is 5.32 Å². The van der Waals surface area contributed by atoms with Crippen LogP contribution >= 0.6 is 0 Å². The van der Waals surface area contributed by atoms with Gasteiger partial charge in [0.05, 0.1) is 0 Å². The molecule has 0 unspecified atom stereocenters. The fourth-order valence-corrected chi connectivity index (χ4v) is 1.93. The summed E-state index contributed by atoms with van der Waals surface area (Å²) in [6.07, 6.45) is 0. The van der Waals surface area contributed by atoms with Crippen molar-refractivity contribution in [3.63, 3.8) is 0 Å². The van der Waals surface area contributed by atoms with Gasteiger partial charge in [-0.2, -0.15) is 0 Å². The number of halogens is 1. The minimum Gasteiger partial charge on any atom is -0.348 e. The third kappa shape index (κ3) is 3.67. The van der Waals surface area contributed by atoms with Gasteiger partial charge >= 0.3 is 0 Å². The molecule has 0 saturated heterocycles. The SMILES string of the molecule is CC(C)c1ccc(CNC(=O)c2cccc(F)c2)cc1. The second-order valence-electron chi connectivity index (χ2n) is 5.09. The number of hydrogen-bond acceptors (Lipinski definition) is 1. The molecule has 0 aromatic heterocycles. The highest BCUT2D eigenvalue weighted by Crippen LogP contribution is 2.14. The average Bonchev–Trinajstić information content (AvgIpc) is 2.45. The van der Waals surface area contributed by atoms with Gasteiger partial charge in [0.1, 0.15) is 5.82 Å². The number of hydrogen-bond donors (Lipinski definition) is 1. The molecule has 0 spiro atoms. The molecule has 2 aromatic carbocycles. The van der Waals surface area contributed by atoms with Crippen molar-refractivity contribution < 1.29 is 9.18 Å². The summed E-state index contributed by atoms with van der Waals surface area (Å²) >= 11 is 0. The quantitative estimate of drug-likeness (QED) is 0.898. The Balaban J connectivity index is 1.96. The standard InChI is InChI=1S/C17H18FNO/c1-12(2)14-8-6-13(7-9-14)11-19-17(20)15-4-3-5-16(18)10-15/h3-10,12H,11H2,1-2H3,(H,19,20). The molecule has 2 rings (SSSR count). The smallest absolute Gasteiger partial charge is 0.251 e. The molecule has 3 heteroatoms. The molecule has 0 aliphatic carbocycles. The van der Waals surface area contributed by atoms with Gasteiger partial charge < -0.3 is 5.32 Å². The highest BCUT2D eigenvalue weighted by atomic mass is 19.1. The topological polar surface area (TPSA) is 29.1 Å². The van der Waals surface area contributed by atoms with Gasteiger partial charge in [-0.3, -0.25) is 4.79 Å². The Morgan fingerprint density at radius 2 is 1.85 bits per heavy atom. The van der Waals surface area contributed by atoms with Crippen LogP contribution in [0, 0.1) is 5.82 Å². The van der Waals surface area contributed by atoms with Crippen molar-refractivity contribution in [1.82, 2.24) is 5.32 Å². The van der Waals surface area contributed by atoms with Crippen LogP contribution in [0.2, 0.25) is 0 Å². The molecule has 2 aromatic rings. The summed E-state index contributed by atoms with van der Waals surface area (Å²) in [5, 5.41) is 2.79. The zero-order valence-electron chi connectivity index (χ0n) is 11.7. The fraction of sp³-hybridized carbons (Fsp3) is 0.235. The lowest BCUT2D eigenvalue weighted by Gasteiger charge is -2.08. The summed E-state index contributed by atoms with van der Waals surface area (Å²) in [6, 6.07) is 13.8. The lowest BCUT2D eigenvalue weighted by atomic mass is 10.0. The second kappa shape index (κ2) is 6.33. The molecule has 2 nitrogen and oxygen atoms in total. The van der Waals surface area contributed by atoms with E-state index in [0.717, 1.165) is 5.56 Å². The molecular weight excluding hydrogens is 253 g/mol. The largest absolute Gasteiger partial charge is 0.348 e. The lowest BCUT2D eigenvalue weighted by Crippen LogP contribution is -2.22. The highest BCUT2D eigenvalue weighted by Gasteiger charge is 2.06. The van der Waals surface area contributed by atoms with Gasteiger partial charge in [0.15, 0.2) is 0 Å². The van der Waals surface area contributed by atoms with Crippen molar-refractivity contribution in [1.29, 1.82) is 0 Å². The molecule has 0 bridgehead atoms. The summed E-state index contributed by atoms with van der Waals surface area (Å²) in [5.41, 5.74) is 2.63. The highest BCUT2D eigenvalue weighted by molar-refractivity contribution is 5.94. The van der Waals surface area contributed by atoms with Crippen LogP contribution in [-0.2, 0) is 6.54 Å². The molecule has 0 aliphatic rings. The van der Waals surface area contributed by atoms with Crippen molar-refractivity contribution in [2.24, 2.45) is 0 Å². The molecule has 104 valence electrons. The zero-order valence-corrected chi connectivity index (χ0v) is 11.7. The van der Waals surface area contributed by atoms with Gasteiger partial charge in [-0.1, -0.05) is 44.2 Å². The van der Waals surface area contributed by atoms with E-state index in [2.05, 4.69) is 31.3 Å². The maximum absolute atomic E-state index is 13.0. The Morgan fingerprint density at radius 1 is 1.15 bits per heavy atom. The number of amides is 1. The van der Waals surface area contributed by atoms with E-state index in [-0.39, 0.29) is 5.91 Å². The molecule has 0 fully saturated rings. The normalized spacial score (nSPS) is 10.6. The van der Waals surface area contributed by atoms with E-state index in [1.807, 2.05) is 12.1 Å². The van der Waals surface area contributed by atoms with Gasteiger partial charge in [-0.05, 0) is 35.2 Å². The number of carbonyl (C=O) groups excluding carboxylic acids is 1. The van der Waals surface area contributed by atoms with E-state index in [0.29, 0.717) is 18.0 Å². The summed E-state index contributed by atoms with van der Waals surface area (Å²) in [4.78, 5) is 11.9. The number of rotatable bonds is 4. The van der Waals surface area contributed by atoms with E-state index < -0.39 is 5.82 Å². The van der Waals surface area contributed by atoms with Crippen LogP contribution in [0.5, 0.6) is 0 Å². The number of benzene rings is 2. The third-order valence-corrected chi connectivity index (χ3v) is 3.19. The molecule has 0 aliphatic heterocycles. The molecule has 0 radical (unpaired) electrons. The first-order chi connectivity index (χ1) is 9.56. The minimum absolute atomic E-state index is 0.266. The Morgan fingerprint density at radius 3 is 2.45 bits per heavy atom. The summed E-state index contributed by atoms with van der Waals surface area (Å²) in [6.45, 7) is 4.72. The third-order valence-electron chi connectivity index (χ3n) is 3.19. The van der Waals surface area contributed by atoms with Crippen molar-refractivity contribution >= 4 is 5.91 Å². The van der Waals surface area contributed by atoms with Crippen molar-refractivity contribution in [2.45, 2.75) is 26.3 Å². The van der Waals surface area contributed by atoms with Crippen LogP contribution in [0.25, 0.3) is 0 Å². The first-order valence-corrected chi connectivity index (χ1v) is 6.69. The average molecular weight is 271 g/mol. The van der Waals surface area contributed by atoms with Crippen LogP contribution in [0.15, 0.2) is 48.5 Å². The Kier molecular flexibility index (Phi) is 4.51. The summed E-state index contributed by atoms with van der Waals surface area (Å²) in [5.74, 6) is -0.178. The van der Waals surface area contributed by atoms with Gasteiger partial charge in [0, 0.05) is 12.1 Å². The van der Waals surface area contributed by atoms with Gasteiger partial charge in [-0.15, -0.1) is 0 Å². The van der Waals surface area contributed by atoms with Crippen molar-refractivity contribution in [2.75, 3.05) is 0 Å².